The van der Waals surface area contributed by atoms with Gasteiger partial charge in [0.25, 0.3) is 0 Å². The Hall–Kier alpha value is -2.14. The molecule has 0 amide bonds. The Kier molecular flexibility index (Phi) is 3.90. The summed E-state index contributed by atoms with van der Waals surface area (Å²) in [4.78, 5) is 11.3. The van der Waals surface area contributed by atoms with E-state index in [1.807, 2.05) is 0 Å². The predicted octanol–water partition coefficient (Wildman–Crippen LogP) is 2.66. The van der Waals surface area contributed by atoms with Gasteiger partial charge in [0.1, 0.15) is 17.2 Å². The van der Waals surface area contributed by atoms with E-state index in [0.29, 0.717) is 5.56 Å². The van der Waals surface area contributed by atoms with E-state index in [4.69, 9.17) is 4.42 Å². The standard InChI is InChI=1S/C15H15FO4/c1-15(18,9-10-5-3-4-6-11(10)16)13-8-7-12(20-13)14(17)19-2/h3-8,18H,9H2,1-2H3. The Labute approximate surface area is 115 Å². The van der Waals surface area contributed by atoms with Crippen LogP contribution in [0.1, 0.15) is 28.8 Å². The lowest BCUT2D eigenvalue weighted by atomic mass is 9.94. The second-order valence-corrected chi connectivity index (χ2v) is 4.70. The Morgan fingerprint density at radius 1 is 1.35 bits per heavy atom. The van der Waals surface area contributed by atoms with Gasteiger partial charge in [-0.2, -0.15) is 0 Å². The third kappa shape index (κ3) is 2.88. The summed E-state index contributed by atoms with van der Waals surface area (Å²) in [7, 11) is 1.24. The molecule has 20 heavy (non-hydrogen) atoms. The van der Waals surface area contributed by atoms with Crippen molar-refractivity contribution in [3.05, 3.63) is 59.3 Å². The van der Waals surface area contributed by atoms with Crippen LogP contribution in [0.5, 0.6) is 0 Å². The zero-order valence-electron chi connectivity index (χ0n) is 11.2. The molecular weight excluding hydrogens is 263 g/mol. The first-order valence-electron chi connectivity index (χ1n) is 6.08. The molecule has 106 valence electrons. The largest absolute Gasteiger partial charge is 0.463 e. The van der Waals surface area contributed by atoms with Gasteiger partial charge in [0, 0.05) is 6.42 Å². The molecule has 4 nitrogen and oxygen atoms in total. The van der Waals surface area contributed by atoms with Crippen LogP contribution in [0.25, 0.3) is 0 Å². The van der Waals surface area contributed by atoms with Gasteiger partial charge in [-0.3, -0.25) is 0 Å². The number of benzene rings is 1. The summed E-state index contributed by atoms with van der Waals surface area (Å²) < 4.78 is 23.4. The molecule has 0 saturated heterocycles. The number of aliphatic hydroxyl groups is 1. The maximum absolute atomic E-state index is 13.6. The number of carbonyl (C=O) groups is 1. The van der Waals surface area contributed by atoms with Gasteiger partial charge in [-0.25, -0.2) is 9.18 Å². The van der Waals surface area contributed by atoms with E-state index in [0.717, 1.165) is 0 Å². The highest BCUT2D eigenvalue weighted by atomic mass is 19.1. The lowest BCUT2D eigenvalue weighted by Crippen LogP contribution is -2.24. The number of ether oxygens (including phenoxy) is 1. The van der Waals surface area contributed by atoms with Crippen molar-refractivity contribution in [3.8, 4) is 0 Å². The molecule has 1 aromatic carbocycles. The van der Waals surface area contributed by atoms with E-state index in [9.17, 15) is 14.3 Å². The first kappa shape index (κ1) is 14.3. The van der Waals surface area contributed by atoms with Crippen LogP contribution in [0, 0.1) is 5.82 Å². The van der Waals surface area contributed by atoms with Crippen molar-refractivity contribution in [3.63, 3.8) is 0 Å². The van der Waals surface area contributed by atoms with Gasteiger partial charge in [0.2, 0.25) is 5.76 Å². The maximum Gasteiger partial charge on any atom is 0.373 e. The minimum atomic E-state index is -1.42. The van der Waals surface area contributed by atoms with Crippen LogP contribution in [0.3, 0.4) is 0 Å². The second kappa shape index (κ2) is 5.46. The predicted molar refractivity (Wildman–Crippen MR) is 69.7 cm³/mol. The highest BCUT2D eigenvalue weighted by molar-refractivity contribution is 5.86. The molecule has 0 saturated carbocycles. The van der Waals surface area contributed by atoms with Crippen molar-refractivity contribution in [1.82, 2.24) is 0 Å². The third-order valence-corrected chi connectivity index (χ3v) is 3.02. The van der Waals surface area contributed by atoms with Crippen molar-refractivity contribution < 1.29 is 23.4 Å². The van der Waals surface area contributed by atoms with Crippen molar-refractivity contribution in [2.75, 3.05) is 7.11 Å². The number of halogens is 1. The monoisotopic (exact) mass is 278 g/mol. The van der Waals surface area contributed by atoms with Crippen LogP contribution < -0.4 is 0 Å². The summed E-state index contributed by atoms with van der Waals surface area (Å²) in [6, 6.07) is 9.08. The van der Waals surface area contributed by atoms with Gasteiger partial charge in [-0.1, -0.05) is 18.2 Å². The molecule has 2 aromatic rings. The number of hydrogen-bond donors (Lipinski definition) is 1. The molecule has 1 unspecified atom stereocenters. The molecule has 5 heteroatoms. The highest BCUT2D eigenvalue weighted by Crippen LogP contribution is 2.28. The first-order chi connectivity index (χ1) is 9.44. The number of rotatable bonds is 4. The average Bonchev–Trinajstić information content (AvgIpc) is 2.91. The topological polar surface area (TPSA) is 59.7 Å². The fraction of sp³-hybridized carbons (Fsp3) is 0.267. The van der Waals surface area contributed by atoms with Crippen molar-refractivity contribution in [2.24, 2.45) is 0 Å². The summed E-state index contributed by atoms with van der Waals surface area (Å²) in [6.07, 6.45) is 0.0355. The fourth-order valence-electron chi connectivity index (χ4n) is 1.94. The van der Waals surface area contributed by atoms with Crippen LogP contribution in [0.2, 0.25) is 0 Å². The summed E-state index contributed by atoms with van der Waals surface area (Å²) in [5.74, 6) is -0.845. The normalized spacial score (nSPS) is 13.8. The molecule has 1 N–H and O–H groups in total. The Morgan fingerprint density at radius 3 is 2.70 bits per heavy atom. The van der Waals surface area contributed by atoms with Crippen LogP contribution in [-0.4, -0.2) is 18.2 Å². The Bertz CT molecular complexity index is 616. The molecular formula is C15H15FO4. The van der Waals surface area contributed by atoms with Crippen molar-refractivity contribution in [1.29, 1.82) is 0 Å². The maximum atomic E-state index is 13.6. The number of methoxy groups -OCH3 is 1. The molecule has 0 aliphatic heterocycles. The van der Waals surface area contributed by atoms with E-state index in [-0.39, 0.29) is 17.9 Å². The molecule has 0 aliphatic carbocycles. The average molecular weight is 278 g/mol. The van der Waals surface area contributed by atoms with Crippen LogP contribution >= 0.6 is 0 Å². The molecule has 1 atom stereocenters. The van der Waals surface area contributed by atoms with Crippen LogP contribution in [-0.2, 0) is 16.8 Å². The van der Waals surface area contributed by atoms with Crippen molar-refractivity contribution in [2.45, 2.75) is 18.9 Å². The van der Waals surface area contributed by atoms with Gasteiger partial charge in [-0.15, -0.1) is 0 Å². The Morgan fingerprint density at radius 2 is 2.05 bits per heavy atom. The fourth-order valence-corrected chi connectivity index (χ4v) is 1.94. The Balaban J connectivity index is 2.24. The van der Waals surface area contributed by atoms with Gasteiger partial charge in [0.05, 0.1) is 7.11 Å². The first-order valence-corrected chi connectivity index (χ1v) is 6.08. The molecule has 0 bridgehead atoms. The number of furan rings is 1. The summed E-state index contributed by atoms with van der Waals surface area (Å²) in [6.45, 7) is 1.50. The minimum absolute atomic E-state index is 0.00342. The lowest BCUT2D eigenvalue weighted by Gasteiger charge is -2.21. The zero-order chi connectivity index (χ0) is 14.8. The molecule has 0 radical (unpaired) electrons. The van der Waals surface area contributed by atoms with E-state index in [1.165, 1.54) is 32.2 Å². The molecule has 0 spiro atoms. The van der Waals surface area contributed by atoms with Gasteiger partial charge >= 0.3 is 5.97 Å². The molecule has 1 heterocycles. The van der Waals surface area contributed by atoms with Crippen LogP contribution in [0.15, 0.2) is 40.8 Å². The molecule has 2 rings (SSSR count). The summed E-state index contributed by atoms with van der Waals surface area (Å²) in [5.41, 5.74) is -1.05. The third-order valence-electron chi connectivity index (χ3n) is 3.02. The number of esters is 1. The minimum Gasteiger partial charge on any atom is -0.463 e. The molecule has 1 aromatic heterocycles. The van der Waals surface area contributed by atoms with Crippen molar-refractivity contribution >= 4 is 5.97 Å². The van der Waals surface area contributed by atoms with Gasteiger partial charge < -0.3 is 14.3 Å². The van der Waals surface area contributed by atoms with E-state index in [2.05, 4.69) is 4.74 Å². The van der Waals surface area contributed by atoms with E-state index >= 15 is 0 Å². The lowest BCUT2D eigenvalue weighted by molar-refractivity contribution is 0.0299. The number of carbonyl (C=O) groups excluding carboxylic acids is 1. The van der Waals surface area contributed by atoms with E-state index in [1.54, 1.807) is 18.2 Å². The van der Waals surface area contributed by atoms with Crippen LogP contribution in [0.4, 0.5) is 4.39 Å². The molecule has 0 aliphatic rings. The van der Waals surface area contributed by atoms with Gasteiger partial charge in [0.15, 0.2) is 0 Å². The second-order valence-electron chi connectivity index (χ2n) is 4.70. The SMILES string of the molecule is COC(=O)c1ccc(C(C)(O)Cc2ccccc2F)o1. The summed E-state index contributed by atoms with van der Waals surface area (Å²) >= 11 is 0. The quantitative estimate of drug-likeness (QED) is 0.873. The number of hydrogen-bond acceptors (Lipinski definition) is 4. The smallest absolute Gasteiger partial charge is 0.373 e. The zero-order valence-corrected chi connectivity index (χ0v) is 11.2. The highest BCUT2D eigenvalue weighted by Gasteiger charge is 2.29. The summed E-state index contributed by atoms with van der Waals surface area (Å²) in [5, 5.41) is 10.4. The van der Waals surface area contributed by atoms with Gasteiger partial charge in [-0.05, 0) is 30.7 Å². The van der Waals surface area contributed by atoms with E-state index < -0.39 is 17.4 Å². The molecule has 0 fully saturated rings.